The maximum absolute atomic E-state index is 11.8. The van der Waals surface area contributed by atoms with Crippen LogP contribution in [0.25, 0.3) is 0 Å². The van der Waals surface area contributed by atoms with Crippen LogP contribution in [-0.2, 0) is 14.4 Å². The standard InChI is InChI=1S/C11H21N3O3/c1-6(2)5-9(14-8(4)15)11(17)13-7(3)10(12)16/h6-7,9H,5H2,1-4H3,(H2,12,16)(H,13,17)(H,14,15)/t7-,9-/m0/s1. The average Bonchev–Trinajstić information content (AvgIpc) is 2.14. The van der Waals surface area contributed by atoms with Gasteiger partial charge >= 0.3 is 0 Å². The predicted octanol–water partition coefficient (Wildman–Crippen LogP) is -0.473. The number of carbonyl (C=O) groups excluding carboxylic acids is 3. The van der Waals surface area contributed by atoms with Gasteiger partial charge in [0.25, 0.3) is 0 Å². The van der Waals surface area contributed by atoms with Crippen LogP contribution in [0.4, 0.5) is 0 Å². The highest BCUT2D eigenvalue weighted by Gasteiger charge is 2.23. The largest absolute Gasteiger partial charge is 0.368 e. The van der Waals surface area contributed by atoms with E-state index in [-0.39, 0.29) is 17.7 Å². The number of rotatable bonds is 6. The van der Waals surface area contributed by atoms with Crippen molar-refractivity contribution in [3.8, 4) is 0 Å². The van der Waals surface area contributed by atoms with Gasteiger partial charge in [0.05, 0.1) is 0 Å². The molecule has 0 heterocycles. The summed E-state index contributed by atoms with van der Waals surface area (Å²) in [4.78, 5) is 33.6. The zero-order valence-corrected chi connectivity index (χ0v) is 10.7. The Labute approximate surface area is 101 Å². The Morgan fingerprint density at radius 2 is 1.65 bits per heavy atom. The zero-order valence-electron chi connectivity index (χ0n) is 10.7. The number of hydrogen-bond acceptors (Lipinski definition) is 3. The molecule has 0 saturated heterocycles. The predicted molar refractivity (Wildman–Crippen MR) is 63.9 cm³/mol. The van der Waals surface area contributed by atoms with Crippen LogP contribution in [0, 0.1) is 5.92 Å². The third kappa shape index (κ3) is 6.55. The number of nitrogens with one attached hydrogen (secondary N) is 2. The first kappa shape index (κ1) is 15.4. The summed E-state index contributed by atoms with van der Waals surface area (Å²) in [6.07, 6.45) is 0.511. The molecule has 0 aliphatic heterocycles. The molecular formula is C11H21N3O3. The first-order valence-electron chi connectivity index (χ1n) is 5.60. The Morgan fingerprint density at radius 3 is 2.00 bits per heavy atom. The molecule has 0 saturated carbocycles. The summed E-state index contributed by atoms with van der Waals surface area (Å²) < 4.78 is 0. The molecule has 4 N–H and O–H groups in total. The fourth-order valence-electron chi connectivity index (χ4n) is 1.33. The lowest BCUT2D eigenvalue weighted by Gasteiger charge is -2.21. The Balaban J connectivity index is 4.51. The first-order chi connectivity index (χ1) is 7.73. The van der Waals surface area contributed by atoms with E-state index in [1.54, 1.807) is 0 Å². The van der Waals surface area contributed by atoms with Gasteiger partial charge in [-0.05, 0) is 19.3 Å². The number of carbonyl (C=O) groups is 3. The maximum atomic E-state index is 11.8. The molecule has 0 aromatic carbocycles. The normalized spacial score (nSPS) is 13.9. The van der Waals surface area contributed by atoms with E-state index < -0.39 is 18.0 Å². The molecule has 0 spiro atoms. The minimum absolute atomic E-state index is 0.251. The van der Waals surface area contributed by atoms with Gasteiger partial charge in [-0.2, -0.15) is 0 Å². The van der Waals surface area contributed by atoms with Crippen molar-refractivity contribution in [2.24, 2.45) is 11.7 Å². The minimum atomic E-state index is -0.745. The van der Waals surface area contributed by atoms with Crippen molar-refractivity contribution in [2.75, 3.05) is 0 Å². The average molecular weight is 243 g/mol. The molecule has 0 radical (unpaired) electrons. The summed E-state index contributed by atoms with van der Waals surface area (Å²) in [5.41, 5.74) is 5.05. The van der Waals surface area contributed by atoms with Crippen molar-refractivity contribution in [1.29, 1.82) is 0 Å². The van der Waals surface area contributed by atoms with Gasteiger partial charge in [0.15, 0.2) is 0 Å². The van der Waals surface area contributed by atoms with Gasteiger partial charge in [-0.1, -0.05) is 13.8 Å². The quantitative estimate of drug-likeness (QED) is 0.587. The van der Waals surface area contributed by atoms with Gasteiger partial charge in [-0.15, -0.1) is 0 Å². The molecule has 6 nitrogen and oxygen atoms in total. The fourth-order valence-corrected chi connectivity index (χ4v) is 1.33. The highest BCUT2D eigenvalue weighted by molar-refractivity contribution is 5.90. The van der Waals surface area contributed by atoms with Crippen LogP contribution in [0.2, 0.25) is 0 Å². The molecule has 3 amide bonds. The minimum Gasteiger partial charge on any atom is -0.368 e. The van der Waals surface area contributed by atoms with Crippen molar-refractivity contribution >= 4 is 17.7 Å². The summed E-state index contributed by atoms with van der Waals surface area (Å²) in [6.45, 7) is 6.73. The molecule has 0 unspecified atom stereocenters. The molecule has 2 atom stereocenters. The van der Waals surface area contributed by atoms with Crippen LogP contribution in [0.15, 0.2) is 0 Å². The summed E-state index contributed by atoms with van der Waals surface area (Å²) in [5, 5.41) is 5.01. The van der Waals surface area contributed by atoms with Crippen molar-refractivity contribution in [1.82, 2.24) is 10.6 Å². The van der Waals surface area contributed by atoms with Crippen molar-refractivity contribution in [2.45, 2.75) is 46.2 Å². The van der Waals surface area contributed by atoms with Gasteiger partial charge in [-0.25, -0.2) is 0 Å². The Hall–Kier alpha value is -1.59. The van der Waals surface area contributed by atoms with Crippen molar-refractivity contribution in [3.05, 3.63) is 0 Å². The number of primary amides is 1. The van der Waals surface area contributed by atoms with E-state index >= 15 is 0 Å². The molecule has 0 aromatic rings. The second kappa shape index (κ2) is 6.88. The molecule has 17 heavy (non-hydrogen) atoms. The lowest BCUT2D eigenvalue weighted by molar-refractivity contribution is -0.130. The van der Waals surface area contributed by atoms with Crippen LogP contribution >= 0.6 is 0 Å². The molecule has 0 rings (SSSR count). The van der Waals surface area contributed by atoms with Gasteiger partial charge < -0.3 is 16.4 Å². The van der Waals surface area contributed by atoms with Crippen molar-refractivity contribution < 1.29 is 14.4 Å². The third-order valence-corrected chi connectivity index (χ3v) is 2.19. The highest BCUT2D eigenvalue weighted by atomic mass is 16.2. The van der Waals surface area contributed by atoms with Gasteiger partial charge in [0.1, 0.15) is 12.1 Å². The monoisotopic (exact) mass is 243 g/mol. The van der Waals surface area contributed by atoms with Crippen molar-refractivity contribution in [3.63, 3.8) is 0 Å². The summed E-state index contributed by atoms with van der Waals surface area (Å²) in [7, 11) is 0. The van der Waals surface area contributed by atoms with E-state index in [9.17, 15) is 14.4 Å². The number of nitrogens with two attached hydrogens (primary N) is 1. The molecule has 98 valence electrons. The van der Waals surface area contributed by atoms with Gasteiger partial charge in [-0.3, -0.25) is 14.4 Å². The highest BCUT2D eigenvalue weighted by Crippen LogP contribution is 2.05. The van der Waals surface area contributed by atoms with E-state index in [4.69, 9.17) is 5.73 Å². The van der Waals surface area contributed by atoms with Crippen LogP contribution in [0.5, 0.6) is 0 Å². The third-order valence-electron chi connectivity index (χ3n) is 2.19. The molecule has 0 bridgehead atoms. The Bertz CT molecular complexity index is 302. The molecule has 0 aliphatic carbocycles. The Morgan fingerprint density at radius 1 is 1.12 bits per heavy atom. The van der Waals surface area contributed by atoms with E-state index in [1.165, 1.54) is 13.8 Å². The van der Waals surface area contributed by atoms with Gasteiger partial charge in [0.2, 0.25) is 17.7 Å². The lowest BCUT2D eigenvalue weighted by atomic mass is 10.0. The number of amides is 3. The first-order valence-corrected chi connectivity index (χ1v) is 5.60. The molecule has 6 heteroatoms. The summed E-state index contributed by atoms with van der Waals surface area (Å²) in [6, 6.07) is -1.37. The van der Waals surface area contributed by atoms with Crippen LogP contribution < -0.4 is 16.4 Å². The topological polar surface area (TPSA) is 101 Å². The summed E-state index contributed by atoms with van der Waals surface area (Å²) >= 11 is 0. The smallest absolute Gasteiger partial charge is 0.243 e. The second-order valence-electron chi connectivity index (χ2n) is 4.52. The Kier molecular flexibility index (Phi) is 6.23. The van der Waals surface area contributed by atoms with Crippen LogP contribution in [0.1, 0.15) is 34.1 Å². The van der Waals surface area contributed by atoms with E-state index in [1.807, 2.05) is 13.8 Å². The second-order valence-corrected chi connectivity index (χ2v) is 4.52. The molecule has 0 aromatic heterocycles. The fraction of sp³-hybridized carbons (Fsp3) is 0.727. The summed E-state index contributed by atoms with van der Waals surface area (Å²) in [5.74, 6) is -1.02. The molecule has 0 fully saturated rings. The van der Waals surface area contributed by atoms with E-state index in [0.717, 1.165) is 0 Å². The molecular weight excluding hydrogens is 222 g/mol. The van der Waals surface area contributed by atoms with E-state index in [2.05, 4.69) is 10.6 Å². The van der Waals surface area contributed by atoms with Crippen LogP contribution in [0.3, 0.4) is 0 Å². The number of hydrogen-bond donors (Lipinski definition) is 3. The SMILES string of the molecule is CC(=O)N[C@@H](CC(C)C)C(=O)N[C@@H](C)C(N)=O. The lowest BCUT2D eigenvalue weighted by Crippen LogP contribution is -2.52. The molecule has 0 aliphatic rings. The zero-order chi connectivity index (χ0) is 13.6. The van der Waals surface area contributed by atoms with Crippen LogP contribution in [-0.4, -0.2) is 29.8 Å². The maximum Gasteiger partial charge on any atom is 0.243 e. The van der Waals surface area contributed by atoms with Gasteiger partial charge in [0, 0.05) is 6.92 Å². The van der Waals surface area contributed by atoms with E-state index in [0.29, 0.717) is 6.42 Å².